The highest BCUT2D eigenvalue weighted by molar-refractivity contribution is 5.96. The fraction of sp³-hybridized carbons (Fsp3) is 0.474. The van der Waals surface area contributed by atoms with Crippen molar-refractivity contribution >= 4 is 22.7 Å². The molecule has 1 aliphatic heterocycles. The Labute approximate surface area is 147 Å². The SMILES string of the molecule is CC(C)C[C@H]1C(=O)N(C)[C@@H](Cc2cn(C)c3ccccc23)C(=O)N1O. The molecule has 2 amide bonds. The minimum Gasteiger partial charge on any atom is -0.350 e. The van der Waals surface area contributed by atoms with E-state index >= 15 is 0 Å². The van der Waals surface area contributed by atoms with Gasteiger partial charge in [0.15, 0.2) is 0 Å². The minimum absolute atomic E-state index is 0.207. The summed E-state index contributed by atoms with van der Waals surface area (Å²) in [6.07, 6.45) is 2.82. The number of amides is 2. The smallest absolute Gasteiger partial charge is 0.269 e. The van der Waals surface area contributed by atoms with Crippen LogP contribution in [0.5, 0.6) is 0 Å². The number of rotatable bonds is 4. The first-order valence-corrected chi connectivity index (χ1v) is 8.62. The molecule has 6 heteroatoms. The first-order valence-electron chi connectivity index (χ1n) is 8.62. The van der Waals surface area contributed by atoms with Gasteiger partial charge in [-0.25, -0.2) is 5.06 Å². The second-order valence-electron chi connectivity index (χ2n) is 7.28. The molecule has 3 rings (SSSR count). The highest BCUT2D eigenvalue weighted by Crippen LogP contribution is 2.26. The number of hydrogen-bond donors (Lipinski definition) is 1. The zero-order valence-corrected chi connectivity index (χ0v) is 15.1. The van der Waals surface area contributed by atoms with Crippen molar-refractivity contribution in [2.75, 3.05) is 7.05 Å². The number of para-hydroxylation sites is 1. The van der Waals surface area contributed by atoms with Crippen molar-refractivity contribution in [3.05, 3.63) is 36.0 Å². The quantitative estimate of drug-likeness (QED) is 0.866. The number of benzene rings is 1. The first kappa shape index (κ1) is 17.5. The van der Waals surface area contributed by atoms with E-state index in [-0.39, 0.29) is 11.8 Å². The van der Waals surface area contributed by atoms with Gasteiger partial charge in [-0.2, -0.15) is 0 Å². The molecule has 2 atom stereocenters. The van der Waals surface area contributed by atoms with Gasteiger partial charge in [0.1, 0.15) is 12.1 Å². The lowest BCUT2D eigenvalue weighted by Crippen LogP contribution is -2.63. The summed E-state index contributed by atoms with van der Waals surface area (Å²) < 4.78 is 2.01. The van der Waals surface area contributed by atoms with E-state index in [0.29, 0.717) is 17.9 Å². The summed E-state index contributed by atoms with van der Waals surface area (Å²) in [5.74, 6) is -0.416. The third-order valence-corrected chi connectivity index (χ3v) is 4.99. The lowest BCUT2D eigenvalue weighted by atomic mass is 9.95. The van der Waals surface area contributed by atoms with Gasteiger partial charge in [-0.1, -0.05) is 32.0 Å². The first-order chi connectivity index (χ1) is 11.8. The van der Waals surface area contributed by atoms with E-state index in [2.05, 4.69) is 0 Å². The van der Waals surface area contributed by atoms with Crippen LogP contribution < -0.4 is 0 Å². The van der Waals surface area contributed by atoms with Crippen molar-refractivity contribution in [2.45, 2.75) is 38.8 Å². The average molecular weight is 343 g/mol. The lowest BCUT2D eigenvalue weighted by molar-refractivity contribution is -0.200. The summed E-state index contributed by atoms with van der Waals surface area (Å²) in [5, 5.41) is 12.0. The van der Waals surface area contributed by atoms with Crippen LogP contribution in [-0.4, -0.2) is 50.7 Å². The van der Waals surface area contributed by atoms with Crippen molar-refractivity contribution in [1.29, 1.82) is 0 Å². The number of hydroxylamine groups is 2. The van der Waals surface area contributed by atoms with Crippen LogP contribution in [0.2, 0.25) is 0 Å². The number of carbonyl (C=O) groups excluding carboxylic acids is 2. The number of likely N-dealkylation sites (N-methyl/N-ethyl adjacent to an activating group) is 1. The number of aromatic nitrogens is 1. The maximum atomic E-state index is 12.7. The third kappa shape index (κ3) is 3.02. The van der Waals surface area contributed by atoms with Crippen LogP contribution in [-0.2, 0) is 23.1 Å². The van der Waals surface area contributed by atoms with Crippen molar-refractivity contribution in [1.82, 2.24) is 14.5 Å². The predicted octanol–water partition coefficient (Wildman–Crippen LogP) is 2.19. The molecule has 0 aliphatic carbocycles. The third-order valence-electron chi connectivity index (χ3n) is 4.99. The summed E-state index contributed by atoms with van der Waals surface area (Å²) in [5.41, 5.74) is 2.07. The Morgan fingerprint density at radius 3 is 2.44 bits per heavy atom. The number of fused-ring (bicyclic) bond motifs is 1. The molecule has 6 nitrogen and oxygen atoms in total. The maximum absolute atomic E-state index is 12.7. The van der Waals surface area contributed by atoms with Gasteiger partial charge in [-0.15, -0.1) is 0 Å². The van der Waals surface area contributed by atoms with Crippen LogP contribution in [0.15, 0.2) is 30.5 Å². The molecule has 0 radical (unpaired) electrons. The maximum Gasteiger partial charge on any atom is 0.269 e. The van der Waals surface area contributed by atoms with Gasteiger partial charge in [0, 0.05) is 37.6 Å². The van der Waals surface area contributed by atoms with E-state index in [9.17, 15) is 14.8 Å². The molecule has 2 heterocycles. The van der Waals surface area contributed by atoms with E-state index in [1.54, 1.807) is 7.05 Å². The van der Waals surface area contributed by atoms with Gasteiger partial charge >= 0.3 is 0 Å². The predicted molar refractivity (Wildman–Crippen MR) is 95.1 cm³/mol. The Balaban J connectivity index is 1.90. The zero-order chi connectivity index (χ0) is 18.3. The van der Waals surface area contributed by atoms with Gasteiger partial charge in [0.05, 0.1) is 0 Å². The lowest BCUT2D eigenvalue weighted by Gasteiger charge is -2.40. The molecule has 1 aromatic carbocycles. The molecule has 0 bridgehead atoms. The van der Waals surface area contributed by atoms with E-state index in [1.807, 2.05) is 55.9 Å². The normalized spacial score (nSPS) is 21.7. The monoisotopic (exact) mass is 343 g/mol. The number of hydrogen-bond acceptors (Lipinski definition) is 3. The fourth-order valence-corrected chi connectivity index (χ4v) is 3.63. The van der Waals surface area contributed by atoms with Gasteiger partial charge in [-0.05, 0) is 24.0 Å². The number of carbonyl (C=O) groups is 2. The van der Waals surface area contributed by atoms with E-state index in [0.717, 1.165) is 16.5 Å². The summed E-state index contributed by atoms with van der Waals surface area (Å²) in [4.78, 5) is 26.8. The summed E-state index contributed by atoms with van der Waals surface area (Å²) in [6, 6.07) is 6.48. The molecule has 0 unspecified atom stereocenters. The number of piperazine rings is 1. The van der Waals surface area contributed by atoms with Gasteiger partial charge < -0.3 is 9.47 Å². The standard InChI is InChI=1S/C19H25N3O3/c1-12(2)9-17-18(23)21(4)16(19(24)22(17)25)10-13-11-20(3)15-8-6-5-7-14(13)15/h5-8,11-12,16-17,25H,9-10H2,1-4H3/t16-,17-/m0/s1. The zero-order valence-electron chi connectivity index (χ0n) is 15.1. The Bertz CT molecular complexity index is 811. The fourth-order valence-electron chi connectivity index (χ4n) is 3.63. The highest BCUT2D eigenvalue weighted by Gasteiger charge is 2.44. The summed E-state index contributed by atoms with van der Waals surface area (Å²) in [7, 11) is 3.61. The van der Waals surface area contributed by atoms with E-state index < -0.39 is 18.0 Å². The molecule has 1 saturated heterocycles. The Kier molecular flexibility index (Phi) is 4.56. The average Bonchev–Trinajstić information content (AvgIpc) is 2.90. The van der Waals surface area contributed by atoms with Crippen molar-refractivity contribution in [2.24, 2.45) is 13.0 Å². The van der Waals surface area contributed by atoms with Crippen LogP contribution >= 0.6 is 0 Å². The van der Waals surface area contributed by atoms with Crippen LogP contribution in [0, 0.1) is 5.92 Å². The summed E-state index contributed by atoms with van der Waals surface area (Å²) >= 11 is 0. The van der Waals surface area contributed by atoms with Crippen LogP contribution in [0.4, 0.5) is 0 Å². The van der Waals surface area contributed by atoms with Crippen LogP contribution in [0.25, 0.3) is 10.9 Å². The second kappa shape index (κ2) is 6.52. The molecular formula is C19H25N3O3. The molecule has 2 aromatic rings. The Morgan fingerprint density at radius 1 is 1.08 bits per heavy atom. The van der Waals surface area contributed by atoms with Crippen LogP contribution in [0.3, 0.4) is 0 Å². The van der Waals surface area contributed by atoms with Gasteiger partial charge in [0.2, 0.25) is 5.91 Å². The molecule has 1 N–H and O–H groups in total. The van der Waals surface area contributed by atoms with Crippen molar-refractivity contribution in [3.8, 4) is 0 Å². The molecule has 1 aliphatic rings. The molecule has 0 spiro atoms. The number of aryl methyl sites for hydroxylation is 1. The van der Waals surface area contributed by atoms with E-state index in [1.165, 1.54) is 4.90 Å². The second-order valence-corrected chi connectivity index (χ2v) is 7.28. The molecule has 25 heavy (non-hydrogen) atoms. The van der Waals surface area contributed by atoms with Crippen LogP contribution in [0.1, 0.15) is 25.8 Å². The Morgan fingerprint density at radius 2 is 1.76 bits per heavy atom. The van der Waals surface area contributed by atoms with Gasteiger partial charge in [0.25, 0.3) is 5.91 Å². The van der Waals surface area contributed by atoms with E-state index in [4.69, 9.17) is 0 Å². The molecule has 134 valence electrons. The molecular weight excluding hydrogens is 318 g/mol. The van der Waals surface area contributed by atoms with Crippen molar-refractivity contribution in [3.63, 3.8) is 0 Å². The molecule has 0 saturated carbocycles. The summed E-state index contributed by atoms with van der Waals surface area (Å²) in [6.45, 7) is 3.93. The van der Waals surface area contributed by atoms with Crippen molar-refractivity contribution < 1.29 is 14.8 Å². The van der Waals surface area contributed by atoms with Gasteiger partial charge in [-0.3, -0.25) is 14.8 Å². The Hall–Kier alpha value is -2.34. The minimum atomic E-state index is -0.790. The highest BCUT2D eigenvalue weighted by atomic mass is 16.5. The number of nitrogens with zero attached hydrogens (tertiary/aromatic N) is 3. The molecule has 1 aromatic heterocycles. The largest absolute Gasteiger partial charge is 0.350 e. The molecule has 1 fully saturated rings. The topological polar surface area (TPSA) is 65.8 Å².